The lowest BCUT2D eigenvalue weighted by Crippen LogP contribution is -2.51. The van der Waals surface area contributed by atoms with E-state index in [1.807, 2.05) is 0 Å². The Hall–Kier alpha value is 0. The third-order valence-corrected chi connectivity index (χ3v) is 37.1. The Morgan fingerprint density at radius 1 is 0.192 bits per heavy atom. The topological polar surface area (TPSA) is 0 Å². The molecule has 0 aromatic carbocycles. The minimum atomic E-state index is 0.552. The molecule has 0 aromatic rings. The van der Waals surface area contributed by atoms with Crippen LogP contribution in [0.25, 0.3) is 0 Å². The molecule has 0 aliphatic heterocycles. The molecular weight excluding hydrogens is 1250 g/mol. The second kappa shape index (κ2) is 33.8. The standard InChI is InChI=1S/C15H26.C14H24.C14H26.2C13H24.2C12H22.C11H20/c1-14(2,3)13-8-11-6-4-5-7-12-9-15(11,12)10-13;1-13(2,3)14-7-10-4-11(8-14)6-12(5-10)9-14;1-14(2,3)13-10-8-11-5-4-6-12(13)9-7-11;1-13(2,3)12-9-6-10-4-7-11(12)8-5-10;1-13(2,3)12-10-6-4-7-11(12)9-5-8-10;1-12(2,3)11-7-5-9-4-6-10(11)8-9;1-12(2,3)11-8-9-4-6-10(11)7-5-9;1-11(2,3)10-7-8-4-5-9(10)6-8/h11-13H,4-10H2,1-3H3;10-12H,4-9H2,1-3H3;11-13H,4-10H2,1-3H3;2*10-12H,4-9H2,1-3H3;2*9-11H,4-8H2,1-3H3;8-10H,4-7H2,1-3H3. The summed E-state index contributed by atoms with van der Waals surface area (Å²) in [6.45, 7) is 58.7. The highest BCUT2D eigenvalue weighted by molar-refractivity contribution is 5.13. The van der Waals surface area contributed by atoms with Crippen LogP contribution >= 0.6 is 0 Å². The first-order chi connectivity index (χ1) is 48.5. The molecule has 21 fully saturated rings. The van der Waals surface area contributed by atoms with Gasteiger partial charge in [-0.2, -0.15) is 0 Å². The third-order valence-electron chi connectivity index (χ3n) is 37.1. The van der Waals surface area contributed by atoms with Crippen LogP contribution in [-0.2, 0) is 0 Å². The number of hydrogen-bond donors (Lipinski definition) is 0. The predicted octanol–water partition coefficient (Wildman–Crippen LogP) is 33.2. The fraction of sp³-hybridized carbons (Fsp3) is 1.00. The number of rotatable bonds is 0. The summed E-state index contributed by atoms with van der Waals surface area (Å²) >= 11 is 0. The Morgan fingerprint density at radius 2 is 0.519 bits per heavy atom. The molecule has 21 rings (SSSR count). The van der Waals surface area contributed by atoms with Crippen molar-refractivity contribution in [3.8, 4) is 0 Å². The smallest absolute Gasteiger partial charge is 0.0235 e. The normalized spacial score (nSPS) is 43.6. The molecule has 0 nitrogen and oxygen atoms in total. The Labute approximate surface area is 653 Å². The molecule has 21 aliphatic rings. The Bertz CT molecular complexity index is 2490. The highest BCUT2D eigenvalue weighted by atomic mass is 14.7. The lowest BCUT2D eigenvalue weighted by Gasteiger charge is -2.62. The van der Waals surface area contributed by atoms with E-state index in [-0.39, 0.29) is 0 Å². The van der Waals surface area contributed by atoms with Gasteiger partial charge in [-0.3, -0.25) is 0 Å². The van der Waals surface area contributed by atoms with Gasteiger partial charge in [0.05, 0.1) is 0 Å². The molecule has 15 atom stereocenters. The maximum atomic E-state index is 2.49. The first-order valence-electron chi connectivity index (χ1n) is 48.5. The van der Waals surface area contributed by atoms with E-state index in [4.69, 9.17) is 0 Å². The molecular formula is C104H188. The molecule has 16 bridgehead atoms. The van der Waals surface area contributed by atoms with Gasteiger partial charge in [-0.1, -0.05) is 301 Å². The molecule has 15 unspecified atom stereocenters. The van der Waals surface area contributed by atoms with Gasteiger partial charge >= 0.3 is 0 Å². The summed E-state index contributed by atoms with van der Waals surface area (Å²) < 4.78 is 0. The molecule has 1 spiro atoms. The second-order valence-electron chi connectivity index (χ2n) is 52.0. The van der Waals surface area contributed by atoms with Crippen LogP contribution in [0.1, 0.15) is 462 Å². The van der Waals surface area contributed by atoms with Crippen LogP contribution in [0.4, 0.5) is 0 Å². The van der Waals surface area contributed by atoms with Crippen molar-refractivity contribution in [1.29, 1.82) is 0 Å². The monoisotopic (exact) mass is 1440 g/mol. The van der Waals surface area contributed by atoms with E-state index in [1.54, 1.807) is 83.5 Å². The van der Waals surface area contributed by atoms with Gasteiger partial charge in [0.25, 0.3) is 0 Å². The van der Waals surface area contributed by atoms with E-state index in [0.29, 0.717) is 43.3 Å². The van der Waals surface area contributed by atoms with Crippen molar-refractivity contribution in [2.75, 3.05) is 0 Å². The second-order valence-corrected chi connectivity index (χ2v) is 52.0. The van der Waals surface area contributed by atoms with Crippen LogP contribution in [0.2, 0.25) is 0 Å². The van der Waals surface area contributed by atoms with Crippen molar-refractivity contribution >= 4 is 0 Å². The summed E-state index contributed by atoms with van der Waals surface area (Å²) in [7, 11) is 0. The van der Waals surface area contributed by atoms with Gasteiger partial charge in [0.15, 0.2) is 0 Å². The minimum Gasteiger partial charge on any atom is -0.0599 e. The molecule has 0 saturated heterocycles. The van der Waals surface area contributed by atoms with Gasteiger partial charge in [0, 0.05) is 0 Å². The van der Waals surface area contributed by atoms with E-state index in [9.17, 15) is 0 Å². The van der Waals surface area contributed by atoms with Crippen molar-refractivity contribution < 1.29 is 0 Å². The van der Waals surface area contributed by atoms with Crippen LogP contribution < -0.4 is 0 Å². The fourth-order valence-corrected chi connectivity index (χ4v) is 31.6. The van der Waals surface area contributed by atoms with Crippen LogP contribution in [0.5, 0.6) is 0 Å². The summed E-state index contributed by atoms with van der Waals surface area (Å²) in [5.41, 5.74) is 6.13. The van der Waals surface area contributed by atoms with Gasteiger partial charge < -0.3 is 0 Å². The maximum absolute atomic E-state index is 2.49. The summed E-state index contributed by atoms with van der Waals surface area (Å²) in [6, 6.07) is 0. The average molecular weight is 1440 g/mol. The predicted molar refractivity (Wildman–Crippen MR) is 457 cm³/mol. The zero-order chi connectivity index (χ0) is 75.4. The van der Waals surface area contributed by atoms with Crippen molar-refractivity contribution in [3.05, 3.63) is 0 Å². The van der Waals surface area contributed by atoms with Crippen molar-refractivity contribution in [3.63, 3.8) is 0 Å². The van der Waals surface area contributed by atoms with Gasteiger partial charge in [-0.05, 0) is 357 Å². The number of fused-ring (bicyclic) bond motifs is 16. The lowest BCUT2D eigenvalue weighted by atomic mass is 9.43. The first kappa shape index (κ1) is 84.9. The van der Waals surface area contributed by atoms with Gasteiger partial charge in [-0.25, -0.2) is 0 Å². The molecule has 21 saturated carbocycles. The zero-order valence-corrected chi connectivity index (χ0v) is 75.4. The molecule has 0 heteroatoms. The van der Waals surface area contributed by atoms with Gasteiger partial charge in [0.2, 0.25) is 0 Å². The fourth-order valence-electron chi connectivity index (χ4n) is 31.6. The molecule has 21 aliphatic carbocycles. The Kier molecular flexibility index (Phi) is 27.6. The van der Waals surface area contributed by atoms with Crippen LogP contribution in [0.3, 0.4) is 0 Å². The zero-order valence-electron chi connectivity index (χ0n) is 75.4. The van der Waals surface area contributed by atoms with E-state index < -0.39 is 0 Å². The van der Waals surface area contributed by atoms with E-state index in [1.165, 1.54) is 212 Å². The van der Waals surface area contributed by atoms with Crippen LogP contribution in [-0.4, -0.2) is 0 Å². The third kappa shape index (κ3) is 21.3. The van der Waals surface area contributed by atoms with Gasteiger partial charge in [0.1, 0.15) is 0 Å². The van der Waals surface area contributed by atoms with E-state index >= 15 is 0 Å². The van der Waals surface area contributed by atoms with Crippen molar-refractivity contribution in [2.24, 2.45) is 196 Å². The Morgan fingerprint density at radius 3 is 0.913 bits per heavy atom. The average Bonchev–Trinajstić information content (AvgIpc) is 1.55. The summed E-state index contributed by atoms with van der Waals surface area (Å²) in [5.74, 6) is 25.8. The summed E-state index contributed by atoms with van der Waals surface area (Å²) in [6.07, 6.45) is 70.9. The highest BCUT2D eigenvalue weighted by Gasteiger charge is 2.64. The maximum Gasteiger partial charge on any atom is -0.0235 e. The molecule has 0 amide bonds. The molecule has 104 heavy (non-hydrogen) atoms. The number of hydrogen-bond acceptors (Lipinski definition) is 0. The summed E-state index contributed by atoms with van der Waals surface area (Å²) in [4.78, 5) is 0. The Balaban J connectivity index is 0.000000119. The van der Waals surface area contributed by atoms with Crippen LogP contribution in [0.15, 0.2) is 0 Å². The molecule has 0 N–H and O–H groups in total. The molecule has 0 radical (unpaired) electrons. The van der Waals surface area contributed by atoms with E-state index in [2.05, 4.69) is 166 Å². The molecule has 0 aromatic heterocycles. The minimum absolute atomic E-state index is 0.552. The molecule has 0 heterocycles. The largest absolute Gasteiger partial charge is 0.0599 e. The van der Waals surface area contributed by atoms with Crippen LogP contribution in [0, 0.1) is 196 Å². The molecule has 604 valence electrons. The van der Waals surface area contributed by atoms with Gasteiger partial charge in [-0.15, -0.1) is 0 Å². The quantitative estimate of drug-likeness (QED) is 0.227. The van der Waals surface area contributed by atoms with Crippen molar-refractivity contribution in [1.82, 2.24) is 0 Å². The first-order valence-corrected chi connectivity index (χ1v) is 48.5. The van der Waals surface area contributed by atoms with E-state index in [0.717, 1.165) is 153 Å². The highest BCUT2D eigenvalue weighted by Crippen LogP contribution is 2.73. The van der Waals surface area contributed by atoms with Crippen molar-refractivity contribution in [2.45, 2.75) is 462 Å². The SMILES string of the molecule is CC(C)(C)C12CC3CC(CC(C3)C1)C2.CC(C)(C)C1C2CCCC1CCC2.CC(C)(C)C1CC2CCC1C2.CC(C)(C)C1CC2CCC1CC2.CC(C)(C)C1CC2CCCCC3CC23C1.CC(C)(C)C1CCC2CCC1C2.CC(C)(C)C1CCC2CCC1CC2.CC(C)(C)C1CCC2CCCC1CC2. The lowest BCUT2D eigenvalue weighted by molar-refractivity contribution is -0.113. The summed E-state index contributed by atoms with van der Waals surface area (Å²) in [5, 5.41) is 0.